The number of aromatic nitrogens is 1. The first kappa shape index (κ1) is 11.3. The maximum absolute atomic E-state index is 11.6. The van der Waals surface area contributed by atoms with E-state index in [1.807, 2.05) is 17.5 Å². The Morgan fingerprint density at radius 1 is 1.50 bits per heavy atom. The third-order valence-corrected chi connectivity index (χ3v) is 3.84. The number of anilines is 1. The first-order valence-corrected chi connectivity index (χ1v) is 6.77. The van der Waals surface area contributed by atoms with Gasteiger partial charge in [-0.2, -0.15) is 0 Å². The van der Waals surface area contributed by atoms with Gasteiger partial charge in [-0.05, 0) is 30.7 Å². The van der Waals surface area contributed by atoms with Crippen molar-refractivity contribution in [1.29, 1.82) is 0 Å². The number of carbonyl (C=O) groups is 1. The number of thiophene rings is 1. The molecule has 0 radical (unpaired) electrons. The highest BCUT2D eigenvalue weighted by Crippen LogP contribution is 2.26. The monoisotopic (exact) mass is 263 g/mol. The lowest BCUT2D eigenvalue weighted by molar-refractivity contribution is 0.239. The number of carbonyl (C=O) groups excluding carboxylic acids is 1. The maximum Gasteiger partial charge on any atom is 0.320 e. The Labute approximate surface area is 108 Å². The van der Waals surface area contributed by atoms with E-state index in [-0.39, 0.29) is 6.03 Å². The molecule has 0 spiro atoms. The highest BCUT2D eigenvalue weighted by Gasteiger charge is 2.19. The summed E-state index contributed by atoms with van der Waals surface area (Å²) in [6, 6.07) is 5.72. The lowest BCUT2D eigenvalue weighted by Gasteiger charge is -2.25. The van der Waals surface area contributed by atoms with Gasteiger partial charge in [0.2, 0.25) is 0 Å². The first-order valence-electron chi connectivity index (χ1n) is 5.89. The Morgan fingerprint density at radius 2 is 2.39 bits per heavy atom. The molecular formula is C12H13N3O2S. The summed E-state index contributed by atoms with van der Waals surface area (Å²) >= 11 is 1.57. The van der Waals surface area contributed by atoms with Gasteiger partial charge in [-0.25, -0.2) is 4.79 Å². The molecule has 0 aromatic carbocycles. The zero-order chi connectivity index (χ0) is 12.4. The van der Waals surface area contributed by atoms with Gasteiger partial charge in [-0.1, -0.05) is 11.2 Å². The Morgan fingerprint density at radius 3 is 3.06 bits per heavy atom. The van der Waals surface area contributed by atoms with Crippen molar-refractivity contribution < 1.29 is 9.32 Å². The number of urea groups is 1. The molecule has 5 nitrogen and oxygen atoms in total. The van der Waals surface area contributed by atoms with Gasteiger partial charge in [-0.15, -0.1) is 11.3 Å². The zero-order valence-electron chi connectivity index (χ0n) is 9.68. The molecule has 0 bridgehead atoms. The molecular weight excluding hydrogens is 250 g/mol. The van der Waals surface area contributed by atoms with Crippen LogP contribution in [0.25, 0.3) is 10.6 Å². The molecule has 1 aliphatic rings. The molecule has 2 amide bonds. The second-order valence-corrected chi connectivity index (χ2v) is 5.23. The second-order valence-electron chi connectivity index (χ2n) is 4.28. The fraction of sp³-hybridized carbons (Fsp3) is 0.333. The van der Waals surface area contributed by atoms with Crippen LogP contribution in [0, 0.1) is 0 Å². The number of nitrogens with one attached hydrogen (secondary N) is 2. The van der Waals surface area contributed by atoms with E-state index in [0.717, 1.165) is 17.7 Å². The van der Waals surface area contributed by atoms with E-state index < -0.39 is 0 Å². The Bertz CT molecular complexity index is 531. The minimum absolute atomic E-state index is 0.217. The van der Waals surface area contributed by atoms with Crippen molar-refractivity contribution >= 4 is 23.2 Å². The van der Waals surface area contributed by atoms with Crippen LogP contribution >= 0.6 is 11.3 Å². The van der Waals surface area contributed by atoms with Crippen LogP contribution in [0.15, 0.2) is 28.1 Å². The fourth-order valence-electron chi connectivity index (χ4n) is 1.76. The lowest BCUT2D eigenvalue weighted by atomic mass is 9.93. The molecule has 18 heavy (non-hydrogen) atoms. The van der Waals surface area contributed by atoms with Crippen LogP contribution in [0.3, 0.4) is 0 Å². The molecule has 2 aromatic rings. The third kappa shape index (κ3) is 2.38. The second kappa shape index (κ2) is 4.81. The highest BCUT2D eigenvalue weighted by molar-refractivity contribution is 7.13. The normalized spacial score (nSPS) is 15.1. The van der Waals surface area contributed by atoms with E-state index in [9.17, 15) is 4.79 Å². The van der Waals surface area contributed by atoms with Crippen molar-refractivity contribution in [3.63, 3.8) is 0 Å². The van der Waals surface area contributed by atoms with Crippen LogP contribution in [-0.4, -0.2) is 17.2 Å². The maximum atomic E-state index is 11.6. The minimum atomic E-state index is -0.217. The molecule has 1 fully saturated rings. The third-order valence-electron chi connectivity index (χ3n) is 2.96. The van der Waals surface area contributed by atoms with Crippen LogP contribution < -0.4 is 10.6 Å². The van der Waals surface area contributed by atoms with Gasteiger partial charge in [0, 0.05) is 12.1 Å². The van der Waals surface area contributed by atoms with Crippen molar-refractivity contribution in [1.82, 2.24) is 10.5 Å². The van der Waals surface area contributed by atoms with Gasteiger partial charge in [0.15, 0.2) is 11.6 Å². The minimum Gasteiger partial charge on any atom is -0.353 e. The van der Waals surface area contributed by atoms with E-state index in [0.29, 0.717) is 17.6 Å². The highest BCUT2D eigenvalue weighted by atomic mass is 32.1. The molecule has 0 unspecified atom stereocenters. The lowest BCUT2D eigenvalue weighted by Crippen LogP contribution is -2.41. The molecule has 0 saturated heterocycles. The van der Waals surface area contributed by atoms with Crippen LogP contribution in [0.1, 0.15) is 19.3 Å². The molecule has 0 aliphatic heterocycles. The molecule has 2 heterocycles. The van der Waals surface area contributed by atoms with Crippen LogP contribution in [0.2, 0.25) is 0 Å². The predicted octanol–water partition coefficient (Wildman–Crippen LogP) is 3.08. The Kier molecular flexibility index (Phi) is 3.02. The Balaban J connectivity index is 1.61. The summed E-state index contributed by atoms with van der Waals surface area (Å²) in [4.78, 5) is 12.6. The molecule has 2 N–H and O–H groups in total. The first-order chi connectivity index (χ1) is 8.81. The summed E-state index contributed by atoms with van der Waals surface area (Å²) in [5.41, 5.74) is 0. The average Bonchev–Trinajstić information content (AvgIpc) is 2.92. The van der Waals surface area contributed by atoms with Crippen LogP contribution in [0.5, 0.6) is 0 Å². The number of nitrogens with zero attached hydrogens (tertiary/aromatic N) is 1. The van der Waals surface area contributed by atoms with E-state index in [4.69, 9.17) is 4.52 Å². The summed E-state index contributed by atoms with van der Waals surface area (Å²) in [7, 11) is 0. The van der Waals surface area contributed by atoms with Gasteiger partial charge in [0.25, 0.3) is 0 Å². The quantitative estimate of drug-likeness (QED) is 0.894. The van der Waals surface area contributed by atoms with Gasteiger partial charge in [0.1, 0.15) is 0 Å². The van der Waals surface area contributed by atoms with E-state index in [1.165, 1.54) is 6.42 Å². The molecule has 1 saturated carbocycles. The standard InChI is InChI=1S/C12H13N3O2S/c16-12(13-8-3-1-4-8)14-11-7-9(17-15-11)10-5-2-6-18-10/h2,5-8H,1,3-4H2,(H2,13,14,15,16). The van der Waals surface area contributed by atoms with Gasteiger partial charge in [0.05, 0.1) is 4.88 Å². The molecule has 1 aliphatic carbocycles. The fourth-order valence-corrected chi connectivity index (χ4v) is 2.43. The summed E-state index contributed by atoms with van der Waals surface area (Å²) in [5, 5.41) is 11.3. The van der Waals surface area contributed by atoms with E-state index in [1.54, 1.807) is 17.4 Å². The molecule has 6 heteroatoms. The smallest absolute Gasteiger partial charge is 0.320 e. The largest absolute Gasteiger partial charge is 0.353 e. The van der Waals surface area contributed by atoms with Crippen LogP contribution in [0.4, 0.5) is 10.6 Å². The van der Waals surface area contributed by atoms with Gasteiger partial charge < -0.3 is 9.84 Å². The molecule has 3 rings (SSSR count). The van der Waals surface area contributed by atoms with Crippen molar-refractivity contribution in [3.05, 3.63) is 23.6 Å². The van der Waals surface area contributed by atoms with E-state index in [2.05, 4.69) is 15.8 Å². The van der Waals surface area contributed by atoms with Crippen molar-refractivity contribution in [2.45, 2.75) is 25.3 Å². The van der Waals surface area contributed by atoms with Crippen molar-refractivity contribution in [2.75, 3.05) is 5.32 Å². The zero-order valence-corrected chi connectivity index (χ0v) is 10.5. The molecule has 94 valence electrons. The number of rotatable bonds is 3. The van der Waals surface area contributed by atoms with Crippen molar-refractivity contribution in [3.8, 4) is 10.6 Å². The number of amides is 2. The van der Waals surface area contributed by atoms with E-state index >= 15 is 0 Å². The SMILES string of the molecule is O=C(Nc1cc(-c2cccs2)on1)NC1CCC1. The number of hydrogen-bond acceptors (Lipinski definition) is 4. The molecule has 2 aromatic heterocycles. The van der Waals surface area contributed by atoms with Gasteiger partial charge in [-0.3, -0.25) is 5.32 Å². The summed E-state index contributed by atoms with van der Waals surface area (Å²) in [6.07, 6.45) is 3.32. The average molecular weight is 263 g/mol. The number of hydrogen-bond donors (Lipinski definition) is 2. The summed E-state index contributed by atoms with van der Waals surface area (Å²) < 4.78 is 5.17. The summed E-state index contributed by atoms with van der Waals surface area (Å²) in [5.74, 6) is 1.11. The van der Waals surface area contributed by atoms with Crippen LogP contribution in [-0.2, 0) is 0 Å². The topological polar surface area (TPSA) is 67.2 Å². The van der Waals surface area contributed by atoms with Gasteiger partial charge >= 0.3 is 6.03 Å². The van der Waals surface area contributed by atoms with Crippen molar-refractivity contribution in [2.24, 2.45) is 0 Å². The summed E-state index contributed by atoms with van der Waals surface area (Å²) in [6.45, 7) is 0. The Hall–Kier alpha value is -1.82. The predicted molar refractivity (Wildman–Crippen MR) is 69.6 cm³/mol. The molecule has 0 atom stereocenters.